The fourth-order valence-electron chi connectivity index (χ4n) is 1.85. The Labute approximate surface area is 113 Å². The van der Waals surface area contributed by atoms with Gasteiger partial charge in [-0.3, -0.25) is 4.79 Å². The van der Waals surface area contributed by atoms with E-state index in [1.165, 1.54) is 0 Å². The standard InChI is InChI=1S/C13H21ClN2O2/c1-3-16-10-11(14)9-12(16)13(18)15(2)7-5-4-6-8-17/h9-10,17H,3-8H2,1-2H3. The molecule has 102 valence electrons. The summed E-state index contributed by atoms with van der Waals surface area (Å²) in [4.78, 5) is 13.9. The van der Waals surface area contributed by atoms with Gasteiger partial charge < -0.3 is 14.6 Å². The monoisotopic (exact) mass is 272 g/mol. The van der Waals surface area contributed by atoms with Crippen LogP contribution >= 0.6 is 11.6 Å². The van der Waals surface area contributed by atoms with Gasteiger partial charge in [0.25, 0.3) is 5.91 Å². The number of halogens is 1. The summed E-state index contributed by atoms with van der Waals surface area (Å²) in [6.07, 6.45) is 4.40. The molecule has 1 aromatic rings. The normalized spacial score (nSPS) is 10.7. The molecular weight excluding hydrogens is 252 g/mol. The van der Waals surface area contributed by atoms with Gasteiger partial charge in [-0.15, -0.1) is 0 Å². The number of unbranched alkanes of at least 4 members (excludes halogenated alkanes) is 2. The van der Waals surface area contributed by atoms with Gasteiger partial charge in [0.15, 0.2) is 0 Å². The summed E-state index contributed by atoms with van der Waals surface area (Å²) >= 11 is 5.92. The van der Waals surface area contributed by atoms with Crippen molar-refractivity contribution in [3.8, 4) is 0 Å². The van der Waals surface area contributed by atoms with E-state index in [-0.39, 0.29) is 12.5 Å². The number of aliphatic hydroxyl groups is 1. The summed E-state index contributed by atoms with van der Waals surface area (Å²) in [5.41, 5.74) is 0.632. The van der Waals surface area contributed by atoms with Gasteiger partial charge in [0, 0.05) is 32.9 Å². The van der Waals surface area contributed by atoms with Crippen molar-refractivity contribution in [2.45, 2.75) is 32.7 Å². The lowest BCUT2D eigenvalue weighted by Gasteiger charge is -2.17. The third-order valence-corrected chi connectivity index (χ3v) is 3.13. The zero-order valence-electron chi connectivity index (χ0n) is 11.0. The van der Waals surface area contributed by atoms with Gasteiger partial charge in [0.05, 0.1) is 5.02 Å². The fourth-order valence-corrected chi connectivity index (χ4v) is 2.07. The highest BCUT2D eigenvalue weighted by molar-refractivity contribution is 6.31. The largest absolute Gasteiger partial charge is 0.396 e. The van der Waals surface area contributed by atoms with Gasteiger partial charge in [0.1, 0.15) is 5.69 Å². The molecule has 4 nitrogen and oxygen atoms in total. The molecule has 18 heavy (non-hydrogen) atoms. The number of rotatable bonds is 7. The Morgan fingerprint density at radius 2 is 2.17 bits per heavy atom. The Morgan fingerprint density at radius 3 is 2.78 bits per heavy atom. The molecule has 0 aliphatic carbocycles. The van der Waals surface area contributed by atoms with Crippen LogP contribution < -0.4 is 0 Å². The Hall–Kier alpha value is -1.00. The number of amides is 1. The average Bonchev–Trinajstić information content (AvgIpc) is 2.74. The number of carbonyl (C=O) groups excluding carboxylic acids is 1. The molecule has 0 fully saturated rings. The molecule has 1 N–H and O–H groups in total. The molecule has 0 aliphatic rings. The molecule has 1 aromatic heterocycles. The lowest BCUT2D eigenvalue weighted by molar-refractivity contribution is 0.0781. The van der Waals surface area contributed by atoms with E-state index >= 15 is 0 Å². The molecule has 0 bridgehead atoms. The minimum atomic E-state index is -0.00671. The van der Waals surface area contributed by atoms with Gasteiger partial charge in [-0.05, 0) is 32.3 Å². The number of hydrogen-bond donors (Lipinski definition) is 1. The van der Waals surface area contributed by atoms with Crippen LogP contribution in [0.5, 0.6) is 0 Å². The topological polar surface area (TPSA) is 45.5 Å². The third-order valence-electron chi connectivity index (χ3n) is 2.92. The second-order valence-electron chi connectivity index (χ2n) is 4.34. The van der Waals surface area contributed by atoms with Crippen LogP contribution in [0.15, 0.2) is 12.3 Å². The lowest BCUT2D eigenvalue weighted by atomic mass is 10.2. The van der Waals surface area contributed by atoms with E-state index in [1.54, 1.807) is 24.2 Å². The minimum absolute atomic E-state index is 0.00671. The quantitative estimate of drug-likeness (QED) is 0.775. The van der Waals surface area contributed by atoms with Crippen LogP contribution in [-0.2, 0) is 6.54 Å². The first-order valence-electron chi connectivity index (χ1n) is 6.32. The minimum Gasteiger partial charge on any atom is -0.396 e. The second-order valence-corrected chi connectivity index (χ2v) is 4.78. The second kappa shape index (κ2) is 7.44. The van der Waals surface area contributed by atoms with Crippen molar-refractivity contribution in [3.05, 3.63) is 23.0 Å². The molecular formula is C13H21ClN2O2. The van der Waals surface area contributed by atoms with Gasteiger partial charge in [-0.25, -0.2) is 0 Å². The van der Waals surface area contributed by atoms with E-state index in [4.69, 9.17) is 16.7 Å². The highest BCUT2D eigenvalue weighted by Crippen LogP contribution is 2.15. The summed E-state index contributed by atoms with van der Waals surface area (Å²) in [7, 11) is 1.79. The molecule has 5 heteroatoms. The summed E-state index contributed by atoms with van der Waals surface area (Å²) in [5, 5.41) is 9.28. The zero-order chi connectivity index (χ0) is 13.5. The maximum atomic E-state index is 12.2. The maximum Gasteiger partial charge on any atom is 0.270 e. The Bertz CT molecular complexity index is 390. The number of aliphatic hydroxyl groups excluding tert-OH is 1. The van der Waals surface area contributed by atoms with E-state index in [2.05, 4.69) is 0 Å². The smallest absolute Gasteiger partial charge is 0.270 e. The van der Waals surface area contributed by atoms with E-state index in [0.29, 0.717) is 17.3 Å². The summed E-state index contributed by atoms with van der Waals surface area (Å²) in [6, 6.07) is 1.71. The lowest BCUT2D eigenvalue weighted by Crippen LogP contribution is -2.29. The first-order chi connectivity index (χ1) is 8.60. The fraction of sp³-hybridized carbons (Fsp3) is 0.615. The predicted molar refractivity (Wildman–Crippen MR) is 73.0 cm³/mol. The van der Waals surface area contributed by atoms with Crippen LogP contribution in [0.1, 0.15) is 36.7 Å². The molecule has 1 rings (SSSR count). The van der Waals surface area contributed by atoms with Crippen molar-refractivity contribution in [1.82, 2.24) is 9.47 Å². The van der Waals surface area contributed by atoms with Crippen LogP contribution in [0.4, 0.5) is 0 Å². The van der Waals surface area contributed by atoms with Gasteiger partial charge in [0.2, 0.25) is 0 Å². The third kappa shape index (κ3) is 4.03. The van der Waals surface area contributed by atoms with Crippen LogP contribution in [0.3, 0.4) is 0 Å². The predicted octanol–water partition coefficient (Wildman–Crippen LogP) is 2.40. The van der Waals surface area contributed by atoms with Crippen molar-refractivity contribution < 1.29 is 9.90 Å². The number of aryl methyl sites for hydroxylation is 1. The molecule has 0 spiro atoms. The number of nitrogens with zero attached hydrogens (tertiary/aromatic N) is 2. The molecule has 0 saturated carbocycles. The number of hydrogen-bond acceptors (Lipinski definition) is 2. The van der Waals surface area contributed by atoms with Crippen LogP contribution in [-0.4, -0.2) is 40.7 Å². The molecule has 0 aromatic carbocycles. The highest BCUT2D eigenvalue weighted by atomic mass is 35.5. The number of carbonyl (C=O) groups is 1. The molecule has 0 aliphatic heterocycles. The van der Waals surface area contributed by atoms with E-state index < -0.39 is 0 Å². The van der Waals surface area contributed by atoms with Crippen molar-refractivity contribution >= 4 is 17.5 Å². The molecule has 0 atom stereocenters. The summed E-state index contributed by atoms with van der Waals surface area (Å²) in [6.45, 7) is 3.62. The maximum absolute atomic E-state index is 12.2. The van der Waals surface area contributed by atoms with Crippen molar-refractivity contribution in [3.63, 3.8) is 0 Å². The van der Waals surface area contributed by atoms with Crippen molar-refractivity contribution in [1.29, 1.82) is 0 Å². The molecule has 0 saturated heterocycles. The average molecular weight is 273 g/mol. The van der Waals surface area contributed by atoms with E-state index in [9.17, 15) is 4.79 Å². The van der Waals surface area contributed by atoms with Crippen LogP contribution in [0.25, 0.3) is 0 Å². The SMILES string of the molecule is CCn1cc(Cl)cc1C(=O)N(C)CCCCCO. The molecule has 0 unspecified atom stereocenters. The number of aromatic nitrogens is 1. The Balaban J connectivity index is 2.57. The Kier molecular flexibility index (Phi) is 6.22. The van der Waals surface area contributed by atoms with E-state index in [0.717, 1.165) is 25.8 Å². The first kappa shape index (κ1) is 15.1. The van der Waals surface area contributed by atoms with Gasteiger partial charge >= 0.3 is 0 Å². The van der Waals surface area contributed by atoms with E-state index in [1.807, 2.05) is 11.5 Å². The summed E-state index contributed by atoms with van der Waals surface area (Å²) in [5.74, 6) is -0.00671. The zero-order valence-corrected chi connectivity index (χ0v) is 11.8. The molecule has 1 amide bonds. The highest BCUT2D eigenvalue weighted by Gasteiger charge is 2.16. The first-order valence-corrected chi connectivity index (χ1v) is 6.70. The van der Waals surface area contributed by atoms with Crippen LogP contribution in [0.2, 0.25) is 5.02 Å². The summed E-state index contributed by atoms with van der Waals surface area (Å²) < 4.78 is 1.86. The van der Waals surface area contributed by atoms with Gasteiger partial charge in [-0.2, -0.15) is 0 Å². The van der Waals surface area contributed by atoms with Crippen molar-refractivity contribution in [2.24, 2.45) is 0 Å². The van der Waals surface area contributed by atoms with Gasteiger partial charge in [-0.1, -0.05) is 11.6 Å². The Morgan fingerprint density at radius 1 is 1.44 bits per heavy atom. The molecule has 0 radical (unpaired) electrons. The van der Waals surface area contributed by atoms with Crippen LogP contribution in [0, 0.1) is 0 Å². The molecule has 1 heterocycles. The van der Waals surface area contributed by atoms with Crippen molar-refractivity contribution in [2.75, 3.05) is 20.2 Å².